The number of hydrogen-bond acceptors (Lipinski definition) is 11. The van der Waals surface area contributed by atoms with Crippen LogP contribution < -0.4 is 5.32 Å². The smallest absolute Gasteiger partial charge is 0.336 e. The van der Waals surface area contributed by atoms with Crippen LogP contribution in [0.25, 0.3) is 0 Å². The van der Waals surface area contributed by atoms with E-state index in [4.69, 9.17) is 18.9 Å². The van der Waals surface area contributed by atoms with Crippen LogP contribution in [0.1, 0.15) is 53.4 Å². The minimum absolute atomic E-state index is 0.00332. The molecular formula is C25H45NO12. The van der Waals surface area contributed by atoms with Gasteiger partial charge in [-0.05, 0) is 17.8 Å². The molecule has 38 heavy (non-hydrogen) atoms. The third kappa shape index (κ3) is 10.0. The number of carbonyl (C=O) groups excluding carboxylic acids is 2. The highest BCUT2D eigenvalue weighted by molar-refractivity contribution is 5.82. The number of hydrogen-bond donors (Lipinski definition) is 6. The zero-order valence-electron chi connectivity index (χ0n) is 22.9. The molecule has 6 unspecified atom stereocenters. The first kappa shape index (κ1) is 34.2. The second-order valence-corrected chi connectivity index (χ2v) is 10.6. The van der Waals surface area contributed by atoms with E-state index in [9.17, 15) is 39.9 Å². The van der Waals surface area contributed by atoms with Gasteiger partial charge in [0.05, 0.1) is 45.0 Å². The van der Waals surface area contributed by atoms with Crippen molar-refractivity contribution in [3.8, 4) is 0 Å². The first-order valence-corrected chi connectivity index (χ1v) is 12.8. The molecule has 1 fully saturated rings. The zero-order chi connectivity index (χ0) is 29.1. The van der Waals surface area contributed by atoms with Crippen LogP contribution in [0.2, 0.25) is 0 Å². The van der Waals surface area contributed by atoms with Crippen LogP contribution in [0.4, 0.5) is 0 Å². The van der Waals surface area contributed by atoms with E-state index in [0.717, 1.165) is 0 Å². The first-order chi connectivity index (χ1) is 17.7. The maximum absolute atomic E-state index is 12.6. The Hall–Kier alpha value is -1.87. The Bertz CT molecular complexity index is 761. The maximum Gasteiger partial charge on any atom is 0.336 e. The Morgan fingerprint density at radius 2 is 1.74 bits per heavy atom. The number of carbonyl (C=O) groups is 3. The summed E-state index contributed by atoms with van der Waals surface area (Å²) in [7, 11) is 1.53. The lowest BCUT2D eigenvalue weighted by Crippen LogP contribution is -2.68. The molecule has 1 aliphatic rings. The number of carboxylic acid groups (broad SMARTS) is 1. The van der Waals surface area contributed by atoms with Crippen molar-refractivity contribution in [2.24, 2.45) is 11.3 Å². The molecule has 1 heterocycles. The van der Waals surface area contributed by atoms with E-state index in [0.29, 0.717) is 13.2 Å². The van der Waals surface area contributed by atoms with Gasteiger partial charge in [0.15, 0.2) is 5.60 Å². The minimum atomic E-state index is -1.93. The standard InChI is InChI=1S/C25H45NO12/c1-15(2)24(3,4)14-25(23(33)34)12-16(28)20(22(38-25)21(32)17(29)13-27)26-18(30)6-7-19(31)37-11-10-36-9-8-35-5/h15-17,20-22,27-29,32H,6-14H2,1-5H3,(H,26,30)(H,33,34). The fraction of sp³-hybridized carbons (Fsp3) is 0.880. The Morgan fingerprint density at radius 3 is 2.29 bits per heavy atom. The van der Waals surface area contributed by atoms with Crippen molar-refractivity contribution in [2.75, 3.05) is 40.1 Å². The molecule has 0 aromatic carbocycles. The van der Waals surface area contributed by atoms with Crippen molar-refractivity contribution in [1.82, 2.24) is 5.32 Å². The Morgan fingerprint density at radius 1 is 1.11 bits per heavy atom. The van der Waals surface area contributed by atoms with Crippen LogP contribution in [0.3, 0.4) is 0 Å². The van der Waals surface area contributed by atoms with Crippen molar-refractivity contribution in [2.45, 2.75) is 89.4 Å². The minimum Gasteiger partial charge on any atom is -0.479 e. The lowest BCUT2D eigenvalue weighted by atomic mass is 9.69. The zero-order valence-corrected chi connectivity index (χ0v) is 22.9. The Balaban J connectivity index is 2.93. The van der Waals surface area contributed by atoms with Crippen LogP contribution in [0, 0.1) is 11.3 Å². The molecule has 1 amide bonds. The van der Waals surface area contributed by atoms with Crippen LogP contribution in [-0.4, -0.2) is 120 Å². The quantitative estimate of drug-likeness (QED) is 0.0974. The molecule has 0 spiro atoms. The van der Waals surface area contributed by atoms with Crippen molar-refractivity contribution in [3.05, 3.63) is 0 Å². The number of methoxy groups -OCH3 is 1. The number of ether oxygens (including phenoxy) is 4. The molecule has 0 aromatic rings. The topological polar surface area (TPSA) is 201 Å². The number of aliphatic hydroxyl groups is 4. The van der Waals surface area contributed by atoms with E-state index in [1.165, 1.54) is 7.11 Å². The largest absolute Gasteiger partial charge is 0.479 e. The normalized spacial score (nSPS) is 25.6. The molecule has 222 valence electrons. The average Bonchev–Trinajstić information content (AvgIpc) is 2.84. The predicted octanol–water partition coefficient (Wildman–Crippen LogP) is -0.783. The lowest BCUT2D eigenvalue weighted by Gasteiger charge is -2.49. The van der Waals surface area contributed by atoms with E-state index in [1.807, 2.05) is 27.7 Å². The number of aliphatic carboxylic acids is 1. The van der Waals surface area contributed by atoms with Crippen LogP contribution in [0.15, 0.2) is 0 Å². The molecule has 0 bridgehead atoms. The van der Waals surface area contributed by atoms with Gasteiger partial charge in [0.1, 0.15) is 24.9 Å². The maximum atomic E-state index is 12.6. The molecule has 13 heteroatoms. The molecule has 1 aliphatic heterocycles. The number of aliphatic hydroxyl groups excluding tert-OH is 4. The van der Waals surface area contributed by atoms with Gasteiger partial charge >= 0.3 is 11.9 Å². The highest BCUT2D eigenvalue weighted by Gasteiger charge is 2.56. The van der Waals surface area contributed by atoms with Gasteiger partial charge in [-0.25, -0.2) is 4.79 Å². The van der Waals surface area contributed by atoms with Gasteiger partial charge in [-0.3, -0.25) is 9.59 Å². The molecule has 0 aliphatic carbocycles. The van der Waals surface area contributed by atoms with Crippen molar-refractivity contribution in [3.63, 3.8) is 0 Å². The van der Waals surface area contributed by atoms with Crippen LogP contribution in [0.5, 0.6) is 0 Å². The third-order valence-electron chi connectivity index (χ3n) is 7.09. The summed E-state index contributed by atoms with van der Waals surface area (Å²) in [4.78, 5) is 36.9. The Labute approximate surface area is 223 Å². The molecule has 0 radical (unpaired) electrons. The fourth-order valence-electron chi connectivity index (χ4n) is 4.12. The summed E-state index contributed by atoms with van der Waals surface area (Å²) in [6.07, 6.45) is -7.62. The van der Waals surface area contributed by atoms with Gasteiger partial charge in [-0.2, -0.15) is 0 Å². The van der Waals surface area contributed by atoms with Gasteiger partial charge in [0.2, 0.25) is 5.91 Å². The fourth-order valence-corrected chi connectivity index (χ4v) is 4.12. The number of carboxylic acids is 1. The third-order valence-corrected chi connectivity index (χ3v) is 7.09. The molecule has 0 aromatic heterocycles. The van der Waals surface area contributed by atoms with E-state index in [-0.39, 0.29) is 38.4 Å². The number of rotatable bonds is 17. The lowest BCUT2D eigenvalue weighted by molar-refractivity contribution is -0.237. The highest BCUT2D eigenvalue weighted by atomic mass is 16.6. The first-order valence-electron chi connectivity index (χ1n) is 12.8. The Kier molecular flexibility index (Phi) is 14.1. The van der Waals surface area contributed by atoms with Crippen molar-refractivity contribution in [1.29, 1.82) is 0 Å². The summed E-state index contributed by atoms with van der Waals surface area (Å²) in [6.45, 7) is 7.58. The van der Waals surface area contributed by atoms with Crippen LogP contribution in [-0.2, 0) is 33.3 Å². The number of esters is 1. The molecule has 1 rings (SSSR count). The summed E-state index contributed by atoms with van der Waals surface area (Å²) >= 11 is 0. The van der Waals surface area contributed by atoms with Crippen molar-refractivity contribution >= 4 is 17.8 Å². The SMILES string of the molecule is COCCOCCOC(=O)CCC(=O)NC1C(O)CC(CC(C)(C)C(C)C)(C(=O)O)OC1C(O)C(O)CO. The summed E-state index contributed by atoms with van der Waals surface area (Å²) in [5.74, 6) is -2.66. The molecule has 13 nitrogen and oxygen atoms in total. The molecule has 6 atom stereocenters. The average molecular weight is 552 g/mol. The van der Waals surface area contributed by atoms with Gasteiger partial charge in [0, 0.05) is 20.0 Å². The number of nitrogens with one attached hydrogen (secondary N) is 1. The summed E-state index contributed by atoms with van der Waals surface area (Å²) in [5, 5.41) is 53.6. The summed E-state index contributed by atoms with van der Waals surface area (Å²) in [6, 6.07) is -1.32. The van der Waals surface area contributed by atoms with E-state index in [2.05, 4.69) is 5.32 Å². The van der Waals surface area contributed by atoms with Crippen LogP contribution >= 0.6 is 0 Å². The highest BCUT2D eigenvalue weighted by Crippen LogP contribution is 2.43. The molecule has 6 N–H and O–H groups in total. The van der Waals surface area contributed by atoms with Gasteiger partial charge in [0.25, 0.3) is 0 Å². The molecule has 1 saturated heterocycles. The van der Waals surface area contributed by atoms with Gasteiger partial charge < -0.3 is 49.8 Å². The second-order valence-electron chi connectivity index (χ2n) is 10.6. The summed E-state index contributed by atoms with van der Waals surface area (Å²) < 4.78 is 20.9. The number of amides is 1. The van der Waals surface area contributed by atoms with Gasteiger partial charge in [-0.1, -0.05) is 27.7 Å². The second kappa shape index (κ2) is 15.7. The van der Waals surface area contributed by atoms with E-state index < -0.39 is 72.3 Å². The molecule has 0 saturated carbocycles. The van der Waals surface area contributed by atoms with E-state index >= 15 is 0 Å². The predicted molar refractivity (Wildman–Crippen MR) is 133 cm³/mol. The van der Waals surface area contributed by atoms with Crippen molar-refractivity contribution < 1.29 is 58.9 Å². The monoisotopic (exact) mass is 551 g/mol. The van der Waals surface area contributed by atoms with E-state index in [1.54, 1.807) is 0 Å². The van der Waals surface area contributed by atoms with Gasteiger partial charge in [-0.15, -0.1) is 0 Å². The molecular weight excluding hydrogens is 506 g/mol. The summed E-state index contributed by atoms with van der Waals surface area (Å²) in [5.41, 5.74) is -2.47.